The standard InChI is InChI=1S/C18H17FN4O3/c1-26-18(25)14-4-13(9-23-11-20-10-22-23)5-15(7-14)21-8-12-2-3-17(24)16(19)6-12/h2-7,10-11,21,24H,8-9H2,1H3. The predicted molar refractivity (Wildman–Crippen MR) is 92.3 cm³/mol. The Kier molecular flexibility index (Phi) is 5.12. The van der Waals surface area contributed by atoms with Crippen LogP contribution in [0.15, 0.2) is 49.1 Å². The first-order chi connectivity index (χ1) is 12.5. The lowest BCUT2D eigenvalue weighted by Gasteiger charge is -2.11. The summed E-state index contributed by atoms with van der Waals surface area (Å²) in [5, 5.41) is 16.4. The van der Waals surface area contributed by atoms with Gasteiger partial charge in [0, 0.05) is 12.2 Å². The minimum absolute atomic E-state index is 0.324. The van der Waals surface area contributed by atoms with Crippen LogP contribution in [0.25, 0.3) is 0 Å². The summed E-state index contributed by atoms with van der Waals surface area (Å²) in [6.45, 7) is 0.762. The number of aromatic nitrogens is 3. The Balaban J connectivity index is 1.82. The second-order valence-electron chi connectivity index (χ2n) is 5.64. The van der Waals surface area contributed by atoms with Gasteiger partial charge in [0.15, 0.2) is 11.6 Å². The van der Waals surface area contributed by atoms with Crippen molar-refractivity contribution < 1.29 is 19.0 Å². The Hall–Kier alpha value is -3.42. The zero-order chi connectivity index (χ0) is 18.5. The molecule has 0 saturated carbocycles. The number of methoxy groups -OCH3 is 1. The molecule has 0 atom stereocenters. The number of halogens is 1. The van der Waals surface area contributed by atoms with Crippen LogP contribution in [0.1, 0.15) is 21.5 Å². The van der Waals surface area contributed by atoms with Crippen LogP contribution in [0.2, 0.25) is 0 Å². The molecule has 3 rings (SSSR count). The third kappa shape index (κ3) is 4.15. The first-order valence-corrected chi connectivity index (χ1v) is 7.81. The molecule has 8 heteroatoms. The van der Waals surface area contributed by atoms with Crippen LogP contribution in [-0.2, 0) is 17.8 Å². The van der Waals surface area contributed by atoms with Crippen LogP contribution in [0.4, 0.5) is 10.1 Å². The molecular formula is C18H17FN4O3. The zero-order valence-electron chi connectivity index (χ0n) is 14.0. The fourth-order valence-electron chi connectivity index (χ4n) is 2.49. The molecule has 3 aromatic rings. The highest BCUT2D eigenvalue weighted by Crippen LogP contribution is 2.20. The van der Waals surface area contributed by atoms with Crippen molar-refractivity contribution in [1.82, 2.24) is 14.8 Å². The van der Waals surface area contributed by atoms with Gasteiger partial charge in [-0.25, -0.2) is 18.9 Å². The Morgan fingerprint density at radius 1 is 1.27 bits per heavy atom. The number of nitrogens with one attached hydrogen (secondary N) is 1. The van der Waals surface area contributed by atoms with E-state index in [1.54, 1.807) is 29.2 Å². The third-order valence-electron chi connectivity index (χ3n) is 3.73. The van der Waals surface area contributed by atoms with Gasteiger partial charge in [-0.1, -0.05) is 6.07 Å². The van der Waals surface area contributed by atoms with Crippen molar-refractivity contribution in [2.24, 2.45) is 0 Å². The number of hydrogen-bond donors (Lipinski definition) is 2. The van der Waals surface area contributed by atoms with Gasteiger partial charge in [-0.3, -0.25) is 0 Å². The molecule has 1 aromatic heterocycles. The smallest absolute Gasteiger partial charge is 0.337 e. The van der Waals surface area contributed by atoms with Crippen molar-refractivity contribution in [1.29, 1.82) is 0 Å². The maximum absolute atomic E-state index is 13.4. The van der Waals surface area contributed by atoms with E-state index in [1.165, 1.54) is 25.6 Å². The van der Waals surface area contributed by atoms with Crippen molar-refractivity contribution in [3.05, 3.63) is 71.6 Å². The monoisotopic (exact) mass is 356 g/mol. The largest absolute Gasteiger partial charge is 0.505 e. The third-order valence-corrected chi connectivity index (χ3v) is 3.73. The number of hydrogen-bond acceptors (Lipinski definition) is 6. The molecule has 0 amide bonds. The maximum Gasteiger partial charge on any atom is 0.337 e. The van der Waals surface area contributed by atoms with E-state index in [2.05, 4.69) is 15.4 Å². The van der Waals surface area contributed by atoms with Crippen molar-refractivity contribution >= 4 is 11.7 Å². The highest BCUT2D eigenvalue weighted by Gasteiger charge is 2.10. The van der Waals surface area contributed by atoms with Crippen LogP contribution in [0.5, 0.6) is 5.75 Å². The summed E-state index contributed by atoms with van der Waals surface area (Å²) in [6.07, 6.45) is 3.01. The molecule has 0 saturated heterocycles. The number of aromatic hydroxyl groups is 1. The van der Waals surface area contributed by atoms with Crippen molar-refractivity contribution in [3.63, 3.8) is 0 Å². The van der Waals surface area contributed by atoms with E-state index >= 15 is 0 Å². The van der Waals surface area contributed by atoms with Crippen LogP contribution in [0.3, 0.4) is 0 Å². The average Bonchev–Trinajstić information content (AvgIpc) is 3.15. The Morgan fingerprint density at radius 2 is 2.12 bits per heavy atom. The molecule has 0 aliphatic heterocycles. The van der Waals surface area contributed by atoms with Crippen LogP contribution in [-0.4, -0.2) is 33.0 Å². The van der Waals surface area contributed by atoms with Gasteiger partial charge >= 0.3 is 5.97 Å². The van der Waals surface area contributed by atoms with Crippen LogP contribution in [0, 0.1) is 5.82 Å². The summed E-state index contributed by atoms with van der Waals surface area (Å²) in [5.74, 6) is -1.53. The summed E-state index contributed by atoms with van der Waals surface area (Å²) in [7, 11) is 1.32. The molecule has 0 radical (unpaired) electrons. The molecule has 26 heavy (non-hydrogen) atoms. The number of rotatable bonds is 6. The molecule has 0 unspecified atom stereocenters. The quantitative estimate of drug-likeness (QED) is 0.660. The minimum Gasteiger partial charge on any atom is -0.505 e. The fraction of sp³-hybridized carbons (Fsp3) is 0.167. The second-order valence-corrected chi connectivity index (χ2v) is 5.64. The number of carbonyl (C=O) groups excluding carboxylic acids is 1. The molecule has 0 spiro atoms. The van der Waals surface area contributed by atoms with Crippen LogP contribution < -0.4 is 5.32 Å². The topological polar surface area (TPSA) is 89.3 Å². The number of nitrogens with zero attached hydrogens (tertiary/aromatic N) is 3. The lowest BCUT2D eigenvalue weighted by atomic mass is 10.1. The van der Waals surface area contributed by atoms with Crippen LogP contribution >= 0.6 is 0 Å². The van der Waals surface area contributed by atoms with E-state index in [9.17, 15) is 14.3 Å². The lowest BCUT2D eigenvalue weighted by Crippen LogP contribution is -2.08. The highest BCUT2D eigenvalue weighted by atomic mass is 19.1. The Bertz CT molecular complexity index is 913. The SMILES string of the molecule is COC(=O)c1cc(Cn2cncn2)cc(NCc2ccc(O)c(F)c2)c1. The predicted octanol–water partition coefficient (Wildman–Crippen LogP) is 2.57. The summed E-state index contributed by atoms with van der Waals surface area (Å²) in [6, 6.07) is 9.42. The van der Waals surface area contributed by atoms with Gasteiger partial charge in [0.1, 0.15) is 12.7 Å². The van der Waals surface area contributed by atoms with Gasteiger partial charge in [-0.2, -0.15) is 5.10 Å². The molecule has 2 N–H and O–H groups in total. The molecule has 0 aliphatic rings. The van der Waals surface area contributed by atoms with Gasteiger partial charge < -0.3 is 15.2 Å². The first kappa shape index (κ1) is 17.4. The van der Waals surface area contributed by atoms with Gasteiger partial charge in [-0.15, -0.1) is 0 Å². The molecule has 0 fully saturated rings. The number of phenolic OH excluding ortho intramolecular Hbond substituents is 1. The normalized spacial score (nSPS) is 10.5. The number of ether oxygens (including phenoxy) is 1. The minimum atomic E-state index is -0.681. The molecule has 134 valence electrons. The summed E-state index contributed by atoms with van der Waals surface area (Å²) in [5.41, 5.74) is 2.56. The number of benzene rings is 2. The van der Waals surface area contributed by atoms with E-state index in [-0.39, 0.29) is 0 Å². The first-order valence-electron chi connectivity index (χ1n) is 7.81. The summed E-state index contributed by atoms with van der Waals surface area (Å²) in [4.78, 5) is 15.8. The number of carbonyl (C=O) groups is 1. The van der Waals surface area contributed by atoms with E-state index in [1.807, 2.05) is 6.07 Å². The summed E-state index contributed by atoms with van der Waals surface area (Å²) >= 11 is 0. The zero-order valence-corrected chi connectivity index (χ0v) is 14.0. The Labute approximate surface area is 149 Å². The molecule has 0 aliphatic carbocycles. The van der Waals surface area contributed by atoms with E-state index in [0.717, 1.165) is 5.56 Å². The molecule has 7 nitrogen and oxygen atoms in total. The lowest BCUT2D eigenvalue weighted by molar-refractivity contribution is 0.0600. The van der Waals surface area contributed by atoms with Gasteiger partial charge in [0.05, 0.1) is 19.2 Å². The van der Waals surface area contributed by atoms with Crippen molar-refractivity contribution in [2.45, 2.75) is 13.1 Å². The van der Waals surface area contributed by atoms with E-state index in [4.69, 9.17) is 4.74 Å². The highest BCUT2D eigenvalue weighted by molar-refractivity contribution is 5.90. The van der Waals surface area contributed by atoms with Gasteiger partial charge in [0.2, 0.25) is 0 Å². The number of anilines is 1. The van der Waals surface area contributed by atoms with E-state index < -0.39 is 17.5 Å². The van der Waals surface area contributed by atoms with Crippen molar-refractivity contribution in [3.8, 4) is 5.75 Å². The maximum atomic E-state index is 13.4. The summed E-state index contributed by atoms with van der Waals surface area (Å²) < 4.78 is 19.9. The number of esters is 1. The molecule has 2 aromatic carbocycles. The number of phenols is 1. The molecule has 1 heterocycles. The van der Waals surface area contributed by atoms with Gasteiger partial charge in [-0.05, 0) is 41.5 Å². The fourth-order valence-corrected chi connectivity index (χ4v) is 2.49. The van der Waals surface area contributed by atoms with Crippen molar-refractivity contribution in [2.75, 3.05) is 12.4 Å². The van der Waals surface area contributed by atoms with Gasteiger partial charge in [0.25, 0.3) is 0 Å². The van der Waals surface area contributed by atoms with E-state index in [0.29, 0.717) is 29.9 Å². The molecule has 0 bridgehead atoms. The average molecular weight is 356 g/mol. The second kappa shape index (κ2) is 7.64. The molecular weight excluding hydrogens is 339 g/mol. The Morgan fingerprint density at radius 3 is 2.81 bits per heavy atom.